The van der Waals surface area contributed by atoms with E-state index in [-0.39, 0.29) is 19.4 Å². The van der Waals surface area contributed by atoms with Gasteiger partial charge in [0, 0.05) is 17.5 Å². The Labute approximate surface area is 198 Å². The fourth-order valence-electron chi connectivity index (χ4n) is 3.46. The number of carbonyl (C=O) groups excluding carboxylic acids is 2. The summed E-state index contributed by atoms with van der Waals surface area (Å²) in [4.78, 5) is 41.2. The van der Waals surface area contributed by atoms with Crippen LogP contribution in [-0.4, -0.2) is 60.6 Å². The Hall–Kier alpha value is -3.84. The summed E-state index contributed by atoms with van der Waals surface area (Å²) in [5.41, 5.74) is 8.28. The zero-order valence-electron chi connectivity index (χ0n) is 18.2. The lowest BCUT2D eigenvalue weighted by Crippen LogP contribution is -2.50. The van der Waals surface area contributed by atoms with Crippen molar-refractivity contribution in [3.63, 3.8) is 0 Å². The van der Waals surface area contributed by atoms with Gasteiger partial charge in [0.05, 0.1) is 29.6 Å². The molecule has 13 heteroatoms. The quantitative estimate of drug-likeness (QED) is 0.232. The van der Waals surface area contributed by atoms with E-state index >= 15 is 0 Å². The molecule has 1 fully saturated rings. The molecule has 0 spiro atoms. The van der Waals surface area contributed by atoms with Gasteiger partial charge in [-0.1, -0.05) is 12.1 Å². The molecule has 4 rings (SSSR count). The van der Waals surface area contributed by atoms with Crippen LogP contribution in [0.25, 0.3) is 5.69 Å². The van der Waals surface area contributed by atoms with Crippen molar-refractivity contribution in [2.45, 2.75) is 44.1 Å². The van der Waals surface area contributed by atoms with Gasteiger partial charge in [-0.05, 0) is 30.7 Å². The van der Waals surface area contributed by atoms with Gasteiger partial charge in [-0.15, -0.1) is 16.4 Å². The van der Waals surface area contributed by atoms with Crippen molar-refractivity contribution >= 4 is 34.8 Å². The molecule has 1 aliphatic rings. The summed E-state index contributed by atoms with van der Waals surface area (Å²) >= 11 is 1.36. The molecule has 0 radical (unpaired) electrons. The molecule has 3 aromatic rings. The summed E-state index contributed by atoms with van der Waals surface area (Å²) in [5, 5.41) is 24.6. The highest BCUT2D eigenvalue weighted by Gasteiger charge is 2.65. The van der Waals surface area contributed by atoms with Crippen LogP contribution in [-0.2, 0) is 32.1 Å². The molecule has 5 N–H and O–H groups in total. The highest BCUT2D eigenvalue weighted by Crippen LogP contribution is 2.40. The topological polar surface area (TPSA) is 178 Å². The number of hydrogen-bond acceptors (Lipinski definition) is 9. The summed E-state index contributed by atoms with van der Waals surface area (Å²) in [7, 11) is 0. The summed E-state index contributed by atoms with van der Waals surface area (Å²) < 4.78 is 6.74. The second-order valence-corrected chi connectivity index (χ2v) is 8.47. The molecular formula is C21H23N7O5S. The maximum Gasteiger partial charge on any atom is 0.339 e. The average molecular weight is 486 g/mol. The monoisotopic (exact) mass is 485 g/mol. The molecule has 3 atom stereocenters. The third kappa shape index (κ3) is 4.89. The van der Waals surface area contributed by atoms with Gasteiger partial charge in [0.25, 0.3) is 5.91 Å². The zero-order chi connectivity index (χ0) is 24.3. The van der Waals surface area contributed by atoms with Crippen molar-refractivity contribution in [2.75, 3.05) is 5.73 Å². The number of amides is 2. The molecule has 3 heterocycles. The smallest absolute Gasteiger partial charge is 0.339 e. The molecule has 0 aliphatic carbocycles. The average Bonchev–Trinajstić information content (AvgIpc) is 3.11. The first-order valence-corrected chi connectivity index (χ1v) is 11.4. The van der Waals surface area contributed by atoms with Crippen molar-refractivity contribution in [1.82, 2.24) is 30.6 Å². The minimum absolute atomic E-state index is 0.0746. The van der Waals surface area contributed by atoms with Crippen molar-refractivity contribution in [3.05, 3.63) is 52.7 Å². The van der Waals surface area contributed by atoms with Crippen molar-refractivity contribution in [1.29, 1.82) is 0 Å². The van der Waals surface area contributed by atoms with Gasteiger partial charge in [0.15, 0.2) is 6.10 Å². The van der Waals surface area contributed by atoms with Gasteiger partial charge in [-0.3, -0.25) is 9.59 Å². The number of epoxide rings is 1. The molecule has 0 saturated carbocycles. The molecule has 0 unspecified atom stereocenters. The molecule has 12 nitrogen and oxygen atoms in total. The number of rotatable bonds is 10. The number of aromatic nitrogens is 4. The molecule has 0 bridgehead atoms. The molecule has 1 aromatic carbocycles. The Bertz CT molecular complexity index is 1180. The number of ether oxygens (including phenoxy) is 1. The Morgan fingerprint density at radius 2 is 2.06 bits per heavy atom. The first-order valence-electron chi connectivity index (χ1n) is 10.5. The Morgan fingerprint density at radius 3 is 2.68 bits per heavy atom. The van der Waals surface area contributed by atoms with E-state index in [4.69, 9.17) is 10.5 Å². The van der Waals surface area contributed by atoms with E-state index in [2.05, 4.69) is 25.9 Å². The van der Waals surface area contributed by atoms with Crippen LogP contribution in [0.1, 0.15) is 24.7 Å². The maximum atomic E-state index is 12.9. The van der Waals surface area contributed by atoms with Gasteiger partial charge < -0.3 is 26.2 Å². The van der Waals surface area contributed by atoms with Crippen molar-refractivity contribution in [3.8, 4) is 5.69 Å². The fraction of sp³-hybridized carbons (Fsp3) is 0.333. The predicted molar refractivity (Wildman–Crippen MR) is 121 cm³/mol. The highest BCUT2D eigenvalue weighted by atomic mass is 32.1. The first kappa shape index (κ1) is 23.3. The number of nitrogen functional groups attached to an aromatic ring is 1. The van der Waals surface area contributed by atoms with Crippen molar-refractivity contribution in [2.24, 2.45) is 0 Å². The lowest BCUT2D eigenvalue weighted by molar-refractivity contribution is -0.143. The summed E-state index contributed by atoms with van der Waals surface area (Å²) in [5.74, 6) is -2.34. The highest BCUT2D eigenvalue weighted by molar-refractivity contribution is 7.07. The van der Waals surface area contributed by atoms with E-state index in [1.807, 2.05) is 0 Å². The second kappa shape index (κ2) is 9.57. The normalized spacial score (nSPS) is 19.9. The van der Waals surface area contributed by atoms with Gasteiger partial charge in [0.1, 0.15) is 11.7 Å². The van der Waals surface area contributed by atoms with Crippen LogP contribution in [0.3, 0.4) is 0 Å². The summed E-state index contributed by atoms with van der Waals surface area (Å²) in [6.45, 7) is 1.70. The summed E-state index contributed by atoms with van der Waals surface area (Å²) in [6, 6.07) is 6.09. The SMILES string of the molecule is CC[C@]1(C(=O)O)O[C@@H]1C(=O)N[C@@H](Cc1cscn1)C(=O)NCc1cn(-c2ccc(N)cc2)nn1. The van der Waals surface area contributed by atoms with Crippen LogP contribution < -0.4 is 16.4 Å². The lowest BCUT2D eigenvalue weighted by Gasteiger charge is -2.17. The first-order chi connectivity index (χ1) is 16.3. The number of carbonyl (C=O) groups is 3. The van der Waals surface area contributed by atoms with Crippen molar-refractivity contribution < 1.29 is 24.2 Å². The Kier molecular flexibility index (Phi) is 6.56. The number of carboxylic acids is 1. The van der Waals surface area contributed by atoms with Crippen LogP contribution in [0, 0.1) is 0 Å². The molecule has 1 saturated heterocycles. The van der Waals surface area contributed by atoms with Gasteiger partial charge in [-0.25, -0.2) is 14.5 Å². The number of anilines is 1. The molecular weight excluding hydrogens is 462 g/mol. The lowest BCUT2D eigenvalue weighted by atomic mass is 10.0. The molecule has 2 aromatic heterocycles. The number of nitrogens with two attached hydrogens (primary N) is 1. The molecule has 1 aliphatic heterocycles. The number of nitrogens with one attached hydrogen (secondary N) is 2. The van der Waals surface area contributed by atoms with E-state index < -0.39 is 35.5 Å². The fourth-order valence-corrected chi connectivity index (χ4v) is 4.03. The van der Waals surface area contributed by atoms with E-state index in [1.54, 1.807) is 53.0 Å². The number of nitrogens with zero attached hydrogens (tertiary/aromatic N) is 4. The molecule has 178 valence electrons. The van der Waals surface area contributed by atoms with Crippen LogP contribution in [0.15, 0.2) is 41.4 Å². The van der Waals surface area contributed by atoms with Crippen LogP contribution in [0.2, 0.25) is 0 Å². The largest absolute Gasteiger partial charge is 0.479 e. The second-order valence-electron chi connectivity index (χ2n) is 7.75. The van der Waals surface area contributed by atoms with E-state index in [0.717, 1.165) is 5.69 Å². The standard InChI is InChI=1S/C21H23N7O5S/c1-2-21(20(31)32)17(33-21)19(30)25-16(7-13-10-34-11-24-13)18(29)23-8-14-9-28(27-26-14)15-5-3-12(22)4-6-15/h3-6,9-11,16-17H,2,7-8,22H2,1H3,(H,23,29)(H,25,30)(H,31,32)/t16-,17+,21-/m0/s1. The minimum atomic E-state index is -1.55. The zero-order valence-corrected chi connectivity index (χ0v) is 19.0. The van der Waals surface area contributed by atoms with E-state index in [0.29, 0.717) is 17.1 Å². The Morgan fingerprint density at radius 1 is 1.29 bits per heavy atom. The van der Waals surface area contributed by atoms with Gasteiger partial charge >= 0.3 is 5.97 Å². The van der Waals surface area contributed by atoms with Gasteiger partial charge in [0.2, 0.25) is 11.5 Å². The number of aliphatic carboxylic acids is 1. The van der Waals surface area contributed by atoms with Crippen LogP contribution in [0.4, 0.5) is 5.69 Å². The summed E-state index contributed by atoms with van der Waals surface area (Å²) in [6.07, 6.45) is 0.784. The number of hydrogen-bond donors (Lipinski definition) is 4. The van der Waals surface area contributed by atoms with Crippen LogP contribution >= 0.6 is 11.3 Å². The predicted octanol–water partition coefficient (Wildman–Crippen LogP) is 0.282. The third-order valence-corrected chi connectivity index (χ3v) is 6.13. The number of carboxylic acid groups (broad SMARTS) is 1. The van der Waals surface area contributed by atoms with E-state index in [9.17, 15) is 19.5 Å². The minimum Gasteiger partial charge on any atom is -0.479 e. The van der Waals surface area contributed by atoms with Gasteiger partial charge in [-0.2, -0.15) is 0 Å². The third-order valence-electron chi connectivity index (χ3n) is 5.49. The number of benzene rings is 1. The molecule has 34 heavy (non-hydrogen) atoms. The molecule has 2 amide bonds. The number of thiazole rings is 1. The van der Waals surface area contributed by atoms with Crippen LogP contribution in [0.5, 0.6) is 0 Å². The Balaban J connectivity index is 1.40. The van der Waals surface area contributed by atoms with E-state index in [1.165, 1.54) is 11.3 Å². The maximum absolute atomic E-state index is 12.9.